The van der Waals surface area contributed by atoms with Gasteiger partial charge in [0.05, 0.1) is 5.56 Å². The summed E-state index contributed by atoms with van der Waals surface area (Å²) >= 11 is 0. The van der Waals surface area contributed by atoms with Gasteiger partial charge in [-0.15, -0.1) is 0 Å². The summed E-state index contributed by atoms with van der Waals surface area (Å²) in [5.41, 5.74) is 2.13. The third-order valence-electron chi connectivity index (χ3n) is 4.86. The van der Waals surface area contributed by atoms with Crippen LogP contribution in [0.5, 0.6) is 0 Å². The number of allylic oxidation sites excluding steroid dienone is 4. The van der Waals surface area contributed by atoms with Crippen LogP contribution in [0, 0.1) is 40.5 Å². The molecule has 0 saturated heterocycles. The van der Waals surface area contributed by atoms with E-state index in [1.807, 2.05) is 6.08 Å². The van der Waals surface area contributed by atoms with Gasteiger partial charge in [-0.2, -0.15) is 0 Å². The smallest absolute Gasteiger partial charge is 0.194 e. The fourth-order valence-electron chi connectivity index (χ4n) is 3.02. The fraction of sp³-hybridized carbons (Fsp3) is 0.182. The molecular weight excluding hydrogens is 340 g/mol. The number of hydrogen-bond donors (Lipinski definition) is 0. The molecule has 2 aliphatic rings. The van der Waals surface area contributed by atoms with Crippen LogP contribution in [0.4, 0.5) is 17.6 Å². The summed E-state index contributed by atoms with van der Waals surface area (Å²) in [7, 11) is 0. The highest BCUT2D eigenvalue weighted by Crippen LogP contribution is 2.53. The average molecular weight is 354 g/mol. The summed E-state index contributed by atoms with van der Waals surface area (Å²) in [5.74, 6) is 0.290. The van der Waals surface area contributed by atoms with Gasteiger partial charge in [0.15, 0.2) is 17.5 Å². The SMILES string of the molecule is Fc1cc(C2=CCC3(C=C2)CC3)ccc1C#Cc1cc(F)c(F)c(F)c1. The summed E-state index contributed by atoms with van der Waals surface area (Å²) in [4.78, 5) is 0. The number of halogens is 4. The Balaban J connectivity index is 1.58. The Morgan fingerprint density at radius 3 is 2.15 bits per heavy atom. The monoisotopic (exact) mass is 354 g/mol. The summed E-state index contributed by atoms with van der Waals surface area (Å²) < 4.78 is 53.7. The van der Waals surface area contributed by atoms with Crippen LogP contribution < -0.4 is 0 Å². The lowest BCUT2D eigenvalue weighted by Crippen LogP contribution is -1.99. The van der Waals surface area contributed by atoms with Crippen LogP contribution in [0.2, 0.25) is 0 Å². The van der Waals surface area contributed by atoms with E-state index in [0.29, 0.717) is 5.41 Å². The van der Waals surface area contributed by atoms with E-state index in [0.717, 1.165) is 29.7 Å². The highest BCUT2D eigenvalue weighted by molar-refractivity contribution is 5.76. The van der Waals surface area contributed by atoms with Crippen molar-refractivity contribution in [3.05, 3.63) is 88.5 Å². The van der Waals surface area contributed by atoms with E-state index in [-0.39, 0.29) is 11.1 Å². The van der Waals surface area contributed by atoms with Crippen LogP contribution in [-0.2, 0) is 0 Å². The van der Waals surface area contributed by atoms with Crippen molar-refractivity contribution in [2.24, 2.45) is 5.41 Å². The minimum absolute atomic E-state index is 0.0578. The lowest BCUT2D eigenvalue weighted by atomic mass is 9.90. The lowest BCUT2D eigenvalue weighted by molar-refractivity contribution is 0.446. The van der Waals surface area contributed by atoms with Crippen molar-refractivity contribution in [3.8, 4) is 11.8 Å². The molecule has 0 N–H and O–H groups in total. The number of benzene rings is 2. The lowest BCUT2D eigenvalue weighted by Gasteiger charge is -2.14. The van der Waals surface area contributed by atoms with E-state index in [9.17, 15) is 17.6 Å². The molecule has 0 nitrogen and oxygen atoms in total. The summed E-state index contributed by atoms with van der Waals surface area (Å²) in [5, 5.41) is 0. The zero-order valence-electron chi connectivity index (χ0n) is 13.8. The Labute approximate surface area is 148 Å². The summed E-state index contributed by atoms with van der Waals surface area (Å²) in [6.07, 6.45) is 9.74. The van der Waals surface area contributed by atoms with E-state index >= 15 is 0 Å². The van der Waals surface area contributed by atoms with Crippen molar-refractivity contribution < 1.29 is 17.6 Å². The van der Waals surface area contributed by atoms with Gasteiger partial charge in [0.2, 0.25) is 0 Å². The minimum Gasteiger partial charge on any atom is -0.206 e. The molecule has 2 aromatic carbocycles. The largest absolute Gasteiger partial charge is 0.206 e. The van der Waals surface area contributed by atoms with Crippen molar-refractivity contribution in [2.45, 2.75) is 19.3 Å². The standard InChI is InChI=1S/C22H14F4/c23-18-13-17(15-5-7-22(8-6-15)9-10-22)4-3-16(18)2-1-14-11-19(24)21(26)20(25)12-14/h3-7,11-13H,8-10H2. The maximum absolute atomic E-state index is 14.3. The Kier molecular flexibility index (Phi) is 3.96. The van der Waals surface area contributed by atoms with E-state index in [1.165, 1.54) is 25.0 Å². The normalized spacial score (nSPS) is 16.8. The van der Waals surface area contributed by atoms with E-state index in [2.05, 4.69) is 24.0 Å². The molecule has 0 aliphatic heterocycles. The third kappa shape index (κ3) is 3.17. The van der Waals surface area contributed by atoms with Gasteiger partial charge in [-0.1, -0.05) is 36.1 Å². The second kappa shape index (κ2) is 6.17. The van der Waals surface area contributed by atoms with Crippen LogP contribution in [0.3, 0.4) is 0 Å². The van der Waals surface area contributed by atoms with Gasteiger partial charge in [0.1, 0.15) is 5.82 Å². The zero-order valence-corrected chi connectivity index (χ0v) is 13.8. The summed E-state index contributed by atoms with van der Waals surface area (Å²) in [6.45, 7) is 0. The number of rotatable bonds is 1. The van der Waals surface area contributed by atoms with Crippen LogP contribution >= 0.6 is 0 Å². The van der Waals surface area contributed by atoms with Gasteiger partial charge in [-0.25, -0.2) is 17.6 Å². The van der Waals surface area contributed by atoms with Crippen molar-refractivity contribution >= 4 is 5.57 Å². The van der Waals surface area contributed by atoms with Gasteiger partial charge in [-0.05, 0) is 60.1 Å². The molecule has 1 saturated carbocycles. The molecule has 2 aliphatic carbocycles. The first-order chi connectivity index (χ1) is 12.5. The average Bonchev–Trinajstić information content (AvgIpc) is 3.38. The maximum Gasteiger partial charge on any atom is 0.194 e. The molecule has 0 atom stereocenters. The van der Waals surface area contributed by atoms with Gasteiger partial charge >= 0.3 is 0 Å². The first kappa shape index (κ1) is 16.7. The van der Waals surface area contributed by atoms with E-state index in [4.69, 9.17) is 0 Å². The molecular formula is C22H14F4. The quantitative estimate of drug-likeness (QED) is 0.347. The molecule has 0 amide bonds. The Bertz CT molecular complexity index is 991. The van der Waals surface area contributed by atoms with Crippen LogP contribution in [0.15, 0.2) is 48.6 Å². The van der Waals surface area contributed by atoms with Gasteiger partial charge in [0.25, 0.3) is 0 Å². The molecule has 26 heavy (non-hydrogen) atoms. The highest BCUT2D eigenvalue weighted by atomic mass is 19.2. The predicted octanol–water partition coefficient (Wildman–Crippen LogP) is 5.77. The van der Waals surface area contributed by atoms with Crippen molar-refractivity contribution in [2.75, 3.05) is 0 Å². The molecule has 4 heteroatoms. The summed E-state index contributed by atoms with van der Waals surface area (Å²) in [6, 6.07) is 6.26. The predicted molar refractivity (Wildman–Crippen MR) is 92.1 cm³/mol. The number of hydrogen-bond acceptors (Lipinski definition) is 0. The molecule has 0 heterocycles. The molecule has 2 aromatic rings. The van der Waals surface area contributed by atoms with Crippen molar-refractivity contribution in [1.29, 1.82) is 0 Å². The Morgan fingerprint density at radius 1 is 0.846 bits per heavy atom. The molecule has 4 rings (SSSR count). The van der Waals surface area contributed by atoms with Gasteiger partial charge < -0.3 is 0 Å². The molecule has 1 fully saturated rings. The third-order valence-corrected chi connectivity index (χ3v) is 4.86. The highest BCUT2D eigenvalue weighted by Gasteiger charge is 2.40. The molecule has 0 unspecified atom stereocenters. The van der Waals surface area contributed by atoms with E-state index in [1.54, 1.807) is 6.07 Å². The van der Waals surface area contributed by atoms with E-state index < -0.39 is 23.3 Å². The van der Waals surface area contributed by atoms with Crippen LogP contribution in [-0.4, -0.2) is 0 Å². The van der Waals surface area contributed by atoms with Gasteiger partial charge in [0, 0.05) is 5.56 Å². The molecule has 0 bridgehead atoms. The fourth-order valence-corrected chi connectivity index (χ4v) is 3.02. The topological polar surface area (TPSA) is 0 Å². The van der Waals surface area contributed by atoms with Crippen LogP contribution in [0.1, 0.15) is 36.0 Å². The Morgan fingerprint density at radius 2 is 1.58 bits per heavy atom. The first-order valence-electron chi connectivity index (χ1n) is 8.32. The molecule has 1 spiro atoms. The van der Waals surface area contributed by atoms with Crippen molar-refractivity contribution in [3.63, 3.8) is 0 Å². The first-order valence-corrected chi connectivity index (χ1v) is 8.32. The van der Waals surface area contributed by atoms with Crippen molar-refractivity contribution in [1.82, 2.24) is 0 Å². The second-order valence-corrected chi connectivity index (χ2v) is 6.76. The zero-order chi connectivity index (χ0) is 18.3. The maximum atomic E-state index is 14.3. The Hall–Kier alpha value is -2.80. The molecule has 0 radical (unpaired) electrons. The molecule has 130 valence electrons. The van der Waals surface area contributed by atoms with Crippen LogP contribution in [0.25, 0.3) is 5.57 Å². The second-order valence-electron chi connectivity index (χ2n) is 6.76. The minimum atomic E-state index is -1.55. The molecule has 0 aromatic heterocycles. The van der Waals surface area contributed by atoms with Gasteiger partial charge in [-0.3, -0.25) is 0 Å².